The number of hydrogen-bond donors (Lipinski definition) is 1. The number of aryl methyl sites for hydroxylation is 1. The summed E-state index contributed by atoms with van der Waals surface area (Å²) in [4.78, 5) is 11.7. The highest BCUT2D eigenvalue weighted by atomic mass is 35.5. The molecule has 0 saturated carbocycles. The Kier molecular flexibility index (Phi) is 4.77. The fourth-order valence-electron chi connectivity index (χ4n) is 1.80. The molecule has 0 bridgehead atoms. The van der Waals surface area contributed by atoms with E-state index in [0.717, 1.165) is 0 Å². The van der Waals surface area contributed by atoms with E-state index in [1.54, 1.807) is 13.0 Å². The van der Waals surface area contributed by atoms with E-state index in [4.69, 9.17) is 23.2 Å². The Morgan fingerprint density at radius 3 is 2.41 bits per heavy atom. The molecule has 1 N–H and O–H groups in total. The molecule has 0 aliphatic rings. The quantitative estimate of drug-likeness (QED) is 0.851. The molecule has 116 valence electrons. The van der Waals surface area contributed by atoms with Gasteiger partial charge in [-0.3, -0.25) is 4.79 Å². The number of rotatable bonds is 3. The first-order chi connectivity index (χ1) is 10.2. The van der Waals surface area contributed by atoms with Crippen molar-refractivity contribution < 1.29 is 17.8 Å². The van der Waals surface area contributed by atoms with E-state index in [-0.39, 0.29) is 16.3 Å². The Morgan fingerprint density at radius 2 is 1.82 bits per heavy atom. The van der Waals surface area contributed by atoms with Crippen LogP contribution in [0.15, 0.2) is 41.3 Å². The minimum atomic E-state index is -4.72. The predicted molar refractivity (Wildman–Crippen MR) is 83.6 cm³/mol. The van der Waals surface area contributed by atoms with Crippen molar-refractivity contribution in [3.8, 4) is 0 Å². The van der Waals surface area contributed by atoms with Gasteiger partial charge in [0.1, 0.15) is 10.1 Å². The zero-order valence-electron chi connectivity index (χ0n) is 11.3. The van der Waals surface area contributed by atoms with Crippen LogP contribution >= 0.6 is 23.2 Å². The molecule has 0 atom stereocenters. The maximum atomic E-state index is 12.2. The number of hydrogen-bond acceptors (Lipinski definition) is 4. The number of anilines is 1. The summed E-state index contributed by atoms with van der Waals surface area (Å²) < 4.78 is 33.9. The number of amides is 1. The highest BCUT2D eigenvalue weighted by Crippen LogP contribution is 2.25. The zero-order valence-corrected chi connectivity index (χ0v) is 13.6. The van der Waals surface area contributed by atoms with Gasteiger partial charge >= 0.3 is 0 Å². The monoisotopic (exact) mass is 358 g/mol. The first kappa shape index (κ1) is 16.8. The first-order valence-corrected chi connectivity index (χ1v) is 8.18. The third-order valence-electron chi connectivity index (χ3n) is 2.83. The standard InChI is InChI=1S/C14H11Cl2NO4S/c1-8-2-5-12(13(6-8)22(19,20)21)17-14(18)10-4-3-9(15)7-11(10)16/h2-7H,1H3,(H,17,18)(H,19,20,21)/p-1. The first-order valence-electron chi connectivity index (χ1n) is 6.01. The Balaban J connectivity index is 2.41. The summed E-state index contributed by atoms with van der Waals surface area (Å²) in [6.07, 6.45) is 0. The Morgan fingerprint density at radius 1 is 1.14 bits per heavy atom. The van der Waals surface area contributed by atoms with Crippen molar-refractivity contribution in [2.24, 2.45) is 0 Å². The lowest BCUT2D eigenvalue weighted by atomic mass is 10.2. The molecule has 1 amide bonds. The molecule has 2 rings (SSSR count). The number of benzene rings is 2. The Bertz CT molecular complexity index is 850. The van der Waals surface area contributed by atoms with E-state index < -0.39 is 20.9 Å². The van der Waals surface area contributed by atoms with Gasteiger partial charge in [-0.05, 0) is 42.8 Å². The second-order valence-corrected chi connectivity index (χ2v) is 6.72. The van der Waals surface area contributed by atoms with Crippen LogP contribution < -0.4 is 5.32 Å². The molecule has 8 heteroatoms. The smallest absolute Gasteiger partial charge is 0.257 e. The third kappa shape index (κ3) is 3.78. The van der Waals surface area contributed by atoms with Crippen LogP contribution in [0.1, 0.15) is 15.9 Å². The van der Waals surface area contributed by atoms with Gasteiger partial charge in [0.25, 0.3) is 5.91 Å². The molecule has 0 aliphatic carbocycles. The topological polar surface area (TPSA) is 86.3 Å². The van der Waals surface area contributed by atoms with Gasteiger partial charge in [-0.15, -0.1) is 0 Å². The molecule has 5 nitrogen and oxygen atoms in total. The van der Waals surface area contributed by atoms with E-state index in [1.165, 1.54) is 30.3 Å². The Hall–Kier alpha value is -1.60. The lowest BCUT2D eigenvalue weighted by molar-refractivity contribution is 0.102. The fraction of sp³-hybridized carbons (Fsp3) is 0.0714. The summed E-state index contributed by atoms with van der Waals surface area (Å²) >= 11 is 11.7. The molecule has 0 fully saturated rings. The van der Waals surface area contributed by atoms with Crippen LogP contribution in [-0.4, -0.2) is 18.9 Å². The average molecular weight is 359 g/mol. The van der Waals surface area contributed by atoms with Gasteiger partial charge in [-0.2, -0.15) is 0 Å². The van der Waals surface area contributed by atoms with Crippen molar-refractivity contribution >= 4 is 44.9 Å². The van der Waals surface area contributed by atoms with Crippen molar-refractivity contribution in [1.29, 1.82) is 0 Å². The SMILES string of the molecule is Cc1ccc(NC(=O)c2ccc(Cl)cc2Cl)c(S(=O)(=O)[O-])c1. The lowest BCUT2D eigenvalue weighted by Crippen LogP contribution is -2.15. The lowest BCUT2D eigenvalue weighted by Gasteiger charge is -2.15. The Labute approximate surface area is 137 Å². The molecule has 0 heterocycles. The van der Waals surface area contributed by atoms with Gasteiger partial charge in [0.2, 0.25) is 0 Å². The highest BCUT2D eigenvalue weighted by molar-refractivity contribution is 7.86. The summed E-state index contributed by atoms with van der Waals surface area (Å²) in [7, 11) is -4.72. The summed E-state index contributed by atoms with van der Waals surface area (Å²) in [6.45, 7) is 1.64. The molecule has 0 aliphatic heterocycles. The average Bonchev–Trinajstić information content (AvgIpc) is 2.39. The van der Waals surface area contributed by atoms with E-state index >= 15 is 0 Å². The number of nitrogens with one attached hydrogen (secondary N) is 1. The van der Waals surface area contributed by atoms with Crippen LogP contribution in [0.2, 0.25) is 10.0 Å². The van der Waals surface area contributed by atoms with Gasteiger partial charge in [0.15, 0.2) is 0 Å². The van der Waals surface area contributed by atoms with Gasteiger partial charge in [-0.1, -0.05) is 29.3 Å². The van der Waals surface area contributed by atoms with Crippen LogP contribution in [0.5, 0.6) is 0 Å². The van der Waals surface area contributed by atoms with E-state index in [9.17, 15) is 17.8 Å². The van der Waals surface area contributed by atoms with Crippen LogP contribution in [0.3, 0.4) is 0 Å². The van der Waals surface area contributed by atoms with Crippen molar-refractivity contribution in [3.05, 3.63) is 57.6 Å². The molecular weight excluding hydrogens is 349 g/mol. The van der Waals surface area contributed by atoms with E-state index in [1.807, 2.05) is 0 Å². The summed E-state index contributed by atoms with van der Waals surface area (Å²) in [5, 5.41) is 2.85. The second-order valence-electron chi connectivity index (χ2n) is 4.53. The fourth-order valence-corrected chi connectivity index (χ4v) is 3.02. The molecule has 2 aromatic rings. The van der Waals surface area contributed by atoms with Crippen LogP contribution in [0.4, 0.5) is 5.69 Å². The molecule has 22 heavy (non-hydrogen) atoms. The normalized spacial score (nSPS) is 11.3. The maximum Gasteiger partial charge on any atom is 0.257 e. The summed E-state index contributed by atoms with van der Waals surface area (Å²) in [5.74, 6) is -0.643. The maximum absolute atomic E-state index is 12.2. The molecule has 0 saturated heterocycles. The van der Waals surface area contributed by atoms with Crippen LogP contribution in [0, 0.1) is 6.92 Å². The van der Waals surface area contributed by atoms with Gasteiger partial charge in [0, 0.05) is 5.02 Å². The van der Waals surface area contributed by atoms with Crippen LogP contribution in [-0.2, 0) is 10.1 Å². The minimum Gasteiger partial charge on any atom is -0.744 e. The minimum absolute atomic E-state index is 0.100. The van der Waals surface area contributed by atoms with Crippen molar-refractivity contribution in [2.45, 2.75) is 11.8 Å². The van der Waals surface area contributed by atoms with E-state index in [2.05, 4.69) is 5.32 Å². The largest absolute Gasteiger partial charge is 0.744 e. The van der Waals surface area contributed by atoms with Gasteiger partial charge in [0.05, 0.1) is 21.2 Å². The van der Waals surface area contributed by atoms with E-state index in [0.29, 0.717) is 10.6 Å². The molecule has 0 aromatic heterocycles. The molecule has 0 spiro atoms. The summed E-state index contributed by atoms with van der Waals surface area (Å²) in [5.41, 5.74) is 0.592. The highest BCUT2D eigenvalue weighted by Gasteiger charge is 2.15. The van der Waals surface area contributed by atoms with Crippen molar-refractivity contribution in [3.63, 3.8) is 0 Å². The van der Waals surface area contributed by atoms with Gasteiger partial charge < -0.3 is 9.87 Å². The van der Waals surface area contributed by atoms with Gasteiger partial charge in [-0.25, -0.2) is 8.42 Å². The summed E-state index contributed by atoms with van der Waals surface area (Å²) in [6, 6.07) is 8.39. The number of carbonyl (C=O) groups is 1. The van der Waals surface area contributed by atoms with Crippen LogP contribution in [0.25, 0.3) is 0 Å². The molecular formula is C14H10Cl2NO4S-. The predicted octanol–water partition coefficient (Wildman–Crippen LogP) is 3.46. The molecule has 0 unspecified atom stereocenters. The third-order valence-corrected chi connectivity index (χ3v) is 4.25. The number of halogens is 2. The van der Waals surface area contributed by atoms with Crippen molar-refractivity contribution in [2.75, 3.05) is 5.32 Å². The molecule has 0 radical (unpaired) electrons. The van der Waals surface area contributed by atoms with Crippen molar-refractivity contribution in [1.82, 2.24) is 0 Å². The zero-order chi connectivity index (χ0) is 16.5. The second kappa shape index (κ2) is 6.26. The number of carbonyl (C=O) groups excluding carboxylic acids is 1. The molecule has 2 aromatic carbocycles.